The lowest BCUT2D eigenvalue weighted by Gasteiger charge is -2.20. The molecule has 0 aliphatic rings. The first-order valence-corrected chi connectivity index (χ1v) is 5.11. The van der Waals surface area contributed by atoms with Crippen molar-refractivity contribution in [2.24, 2.45) is 5.73 Å². The topological polar surface area (TPSA) is 122 Å². The van der Waals surface area contributed by atoms with Gasteiger partial charge in [0.25, 0.3) is 0 Å². The average molecular weight is 279 g/mol. The second-order valence-corrected chi connectivity index (χ2v) is 3.85. The second kappa shape index (κ2) is 5.41. The summed E-state index contributed by atoms with van der Waals surface area (Å²) in [7, 11) is 0. The molecule has 6 nitrogen and oxygen atoms in total. The summed E-state index contributed by atoms with van der Waals surface area (Å²) in [6.07, 6.45) is -9.23. The fraction of sp³-hybridized carbons (Fsp3) is 0.400. The van der Waals surface area contributed by atoms with Crippen LogP contribution in [0.25, 0.3) is 0 Å². The number of aliphatic hydroxyl groups is 2. The summed E-state index contributed by atoms with van der Waals surface area (Å²) in [5.41, 5.74) is 7.86. The van der Waals surface area contributed by atoms with Crippen molar-refractivity contribution in [3.8, 4) is 0 Å². The van der Waals surface area contributed by atoms with E-state index in [9.17, 15) is 28.2 Å². The molecule has 1 amide bonds. The second-order valence-electron chi connectivity index (χ2n) is 3.85. The van der Waals surface area contributed by atoms with Gasteiger partial charge in [-0.2, -0.15) is 13.2 Å². The van der Waals surface area contributed by atoms with Gasteiger partial charge in [-0.15, -0.1) is 0 Å². The van der Waals surface area contributed by atoms with Crippen LogP contribution in [0.3, 0.4) is 0 Å². The van der Waals surface area contributed by atoms with Crippen LogP contribution in [0.1, 0.15) is 23.8 Å². The molecule has 1 heterocycles. The van der Waals surface area contributed by atoms with E-state index in [1.807, 2.05) is 0 Å². The summed E-state index contributed by atoms with van der Waals surface area (Å²) in [6, 6.07) is 1.94. The molecule has 0 fully saturated rings. The number of nitrogen functional groups attached to an aromatic ring is 1. The van der Waals surface area contributed by atoms with Crippen LogP contribution in [0.4, 0.5) is 19.0 Å². The fourth-order valence-corrected chi connectivity index (χ4v) is 1.48. The molecule has 9 heteroatoms. The maximum atomic E-state index is 12.7. The van der Waals surface area contributed by atoms with Gasteiger partial charge in [0.1, 0.15) is 11.9 Å². The minimum atomic E-state index is -4.85. The molecule has 0 saturated heterocycles. The third-order valence-corrected chi connectivity index (χ3v) is 2.31. The molecule has 1 rings (SSSR count). The molecule has 106 valence electrons. The predicted molar refractivity (Wildman–Crippen MR) is 58.4 cm³/mol. The third-order valence-electron chi connectivity index (χ3n) is 2.31. The zero-order chi connectivity index (χ0) is 14.8. The van der Waals surface area contributed by atoms with Crippen LogP contribution in [0.15, 0.2) is 12.1 Å². The van der Waals surface area contributed by atoms with Gasteiger partial charge in [0, 0.05) is 5.56 Å². The zero-order valence-electron chi connectivity index (χ0n) is 9.55. The number of amides is 1. The Balaban J connectivity index is 3.16. The number of rotatable bonds is 4. The number of hydrogen-bond donors (Lipinski definition) is 4. The van der Waals surface area contributed by atoms with Crippen LogP contribution in [-0.2, 0) is 11.0 Å². The lowest BCUT2D eigenvalue weighted by molar-refractivity contribution is -0.143. The molecule has 0 aliphatic carbocycles. The van der Waals surface area contributed by atoms with Crippen molar-refractivity contribution >= 4 is 11.7 Å². The summed E-state index contributed by atoms with van der Waals surface area (Å²) in [4.78, 5) is 13.7. The van der Waals surface area contributed by atoms with Crippen molar-refractivity contribution in [2.45, 2.75) is 24.8 Å². The smallest absolute Gasteiger partial charge is 0.390 e. The van der Waals surface area contributed by atoms with Crippen molar-refractivity contribution in [1.29, 1.82) is 0 Å². The first kappa shape index (κ1) is 15.2. The highest BCUT2D eigenvalue weighted by atomic mass is 19.4. The van der Waals surface area contributed by atoms with Crippen molar-refractivity contribution in [1.82, 2.24) is 4.98 Å². The molecule has 2 atom stereocenters. The van der Waals surface area contributed by atoms with E-state index < -0.39 is 42.0 Å². The molecule has 6 N–H and O–H groups in total. The molecule has 0 aromatic carbocycles. The Morgan fingerprint density at radius 1 is 1.37 bits per heavy atom. The van der Waals surface area contributed by atoms with Gasteiger partial charge in [0.2, 0.25) is 5.91 Å². The van der Waals surface area contributed by atoms with Crippen LogP contribution in [-0.4, -0.2) is 27.2 Å². The molecule has 0 spiro atoms. The first-order chi connectivity index (χ1) is 8.62. The summed E-state index contributed by atoms with van der Waals surface area (Å²) in [5, 5.41) is 19.1. The van der Waals surface area contributed by atoms with Gasteiger partial charge in [-0.1, -0.05) is 6.07 Å². The average Bonchev–Trinajstić information content (AvgIpc) is 2.25. The number of anilines is 1. The first-order valence-electron chi connectivity index (χ1n) is 5.11. The van der Waals surface area contributed by atoms with Gasteiger partial charge in [0.05, 0.1) is 12.5 Å². The lowest BCUT2D eigenvalue weighted by atomic mass is 10.00. The largest absolute Gasteiger partial charge is 0.433 e. The number of nitrogens with two attached hydrogens (primary N) is 2. The Bertz CT molecular complexity index is 479. The molecule has 2 unspecified atom stereocenters. The number of alkyl halides is 3. The molecular weight excluding hydrogens is 267 g/mol. The highest BCUT2D eigenvalue weighted by Gasteiger charge is 2.38. The minimum absolute atomic E-state index is 0.382. The quantitative estimate of drug-likeness (QED) is 0.615. The summed E-state index contributed by atoms with van der Waals surface area (Å²) in [6.45, 7) is 0. The monoisotopic (exact) mass is 279 g/mol. The maximum Gasteiger partial charge on any atom is 0.433 e. The minimum Gasteiger partial charge on any atom is -0.390 e. The number of aliphatic hydroxyl groups excluding tert-OH is 2. The number of primary amides is 1. The number of carbonyl (C=O) groups excluding carboxylic acids is 1. The summed E-state index contributed by atoms with van der Waals surface area (Å²) in [5.74, 6) is -1.34. The third kappa shape index (κ3) is 3.80. The lowest BCUT2D eigenvalue weighted by Crippen LogP contribution is -2.27. The summed E-state index contributed by atoms with van der Waals surface area (Å²) < 4.78 is 38.1. The Kier molecular flexibility index (Phi) is 4.32. The van der Waals surface area contributed by atoms with E-state index in [-0.39, 0.29) is 5.82 Å². The van der Waals surface area contributed by atoms with E-state index in [1.54, 1.807) is 0 Å². The van der Waals surface area contributed by atoms with E-state index in [0.717, 1.165) is 12.1 Å². The number of halogens is 3. The van der Waals surface area contributed by atoms with Gasteiger partial charge >= 0.3 is 6.18 Å². The Labute approximate surface area is 105 Å². The van der Waals surface area contributed by atoms with E-state index in [0.29, 0.717) is 0 Å². The molecule has 1 aromatic heterocycles. The van der Waals surface area contributed by atoms with Crippen LogP contribution >= 0.6 is 0 Å². The van der Waals surface area contributed by atoms with Crippen molar-refractivity contribution in [3.05, 3.63) is 23.4 Å². The Morgan fingerprint density at radius 3 is 2.42 bits per heavy atom. The van der Waals surface area contributed by atoms with E-state index in [1.165, 1.54) is 0 Å². The highest BCUT2D eigenvalue weighted by molar-refractivity contribution is 5.74. The Morgan fingerprint density at radius 2 is 1.95 bits per heavy atom. The van der Waals surface area contributed by atoms with Gasteiger partial charge in [0.15, 0.2) is 5.69 Å². The van der Waals surface area contributed by atoms with Crippen LogP contribution < -0.4 is 11.5 Å². The van der Waals surface area contributed by atoms with Gasteiger partial charge in [-0.05, 0) is 6.07 Å². The number of pyridine rings is 1. The van der Waals surface area contributed by atoms with E-state index in [2.05, 4.69) is 4.98 Å². The predicted octanol–water partition coefficient (Wildman–Crippen LogP) is -0.0477. The number of aromatic nitrogens is 1. The SMILES string of the molecule is NC(=O)CC(O)C(O)c1ccc(N)nc1C(F)(F)F. The van der Waals surface area contributed by atoms with Crippen LogP contribution in [0.5, 0.6) is 0 Å². The summed E-state index contributed by atoms with van der Waals surface area (Å²) >= 11 is 0. The molecule has 0 bridgehead atoms. The normalized spacial score (nSPS) is 15.0. The van der Waals surface area contributed by atoms with E-state index in [4.69, 9.17) is 11.5 Å². The van der Waals surface area contributed by atoms with Crippen molar-refractivity contribution in [3.63, 3.8) is 0 Å². The molecule has 0 aliphatic heterocycles. The van der Waals surface area contributed by atoms with Crippen LogP contribution in [0, 0.1) is 0 Å². The molecule has 0 radical (unpaired) electrons. The number of carbonyl (C=O) groups is 1. The van der Waals surface area contributed by atoms with Crippen molar-refractivity contribution in [2.75, 3.05) is 5.73 Å². The fourth-order valence-electron chi connectivity index (χ4n) is 1.48. The van der Waals surface area contributed by atoms with Gasteiger partial charge in [-0.3, -0.25) is 4.79 Å². The molecule has 1 aromatic rings. The Hall–Kier alpha value is -1.87. The number of hydrogen-bond acceptors (Lipinski definition) is 5. The molecule has 19 heavy (non-hydrogen) atoms. The van der Waals surface area contributed by atoms with Crippen LogP contribution in [0.2, 0.25) is 0 Å². The maximum absolute atomic E-state index is 12.7. The zero-order valence-corrected chi connectivity index (χ0v) is 9.55. The number of nitrogens with zero attached hydrogens (tertiary/aromatic N) is 1. The van der Waals surface area contributed by atoms with Gasteiger partial charge < -0.3 is 21.7 Å². The molecule has 0 saturated carbocycles. The van der Waals surface area contributed by atoms with E-state index >= 15 is 0 Å². The highest BCUT2D eigenvalue weighted by Crippen LogP contribution is 2.35. The van der Waals surface area contributed by atoms with Crippen molar-refractivity contribution < 1.29 is 28.2 Å². The standard InChI is InChI=1S/C10H12F3N3O3/c11-10(12,13)9-4(1-2-6(14)16-9)8(19)5(17)3-7(15)18/h1-2,5,8,17,19H,3H2,(H2,14,16)(H2,15,18). The molecular formula is C10H12F3N3O3. The van der Waals surface area contributed by atoms with Gasteiger partial charge in [-0.25, -0.2) is 4.98 Å².